The Labute approximate surface area is 282 Å². The van der Waals surface area contributed by atoms with Crippen molar-refractivity contribution in [2.75, 3.05) is 0 Å². The van der Waals surface area contributed by atoms with Gasteiger partial charge in [-0.15, -0.1) is 0 Å². The van der Waals surface area contributed by atoms with E-state index in [0.29, 0.717) is 0 Å². The predicted octanol–water partition coefficient (Wildman–Crippen LogP) is 13.0. The van der Waals surface area contributed by atoms with Crippen LogP contribution in [-0.2, 0) is 33.3 Å². The van der Waals surface area contributed by atoms with Gasteiger partial charge in [0.1, 0.15) is 0 Å². The van der Waals surface area contributed by atoms with E-state index in [1.807, 2.05) is 0 Å². The first-order chi connectivity index (χ1) is 20.0. The second-order valence-electron chi connectivity index (χ2n) is 14.9. The Morgan fingerprint density at radius 1 is 0.488 bits per heavy atom. The Morgan fingerprint density at radius 3 is 1.16 bits per heavy atom. The zero-order valence-electron chi connectivity index (χ0n) is 29.1. The average molecular weight is 712 g/mol. The van der Waals surface area contributed by atoms with Crippen LogP contribution in [0.1, 0.15) is 102 Å². The van der Waals surface area contributed by atoms with Crippen LogP contribution in [-0.4, -0.2) is 27.6 Å². The van der Waals surface area contributed by atoms with Gasteiger partial charge in [-0.25, -0.2) is 0 Å². The molecule has 0 radical (unpaired) electrons. The maximum atomic E-state index is 5.31. The van der Waals surface area contributed by atoms with Gasteiger partial charge in [0.2, 0.25) is 0 Å². The zero-order chi connectivity index (χ0) is 30.8. The third-order valence-corrected chi connectivity index (χ3v) is 11.6. The van der Waals surface area contributed by atoms with Gasteiger partial charge in [0.05, 0.1) is 22.8 Å². The van der Waals surface area contributed by atoms with Crippen molar-refractivity contribution in [3.63, 3.8) is 0 Å². The Balaban J connectivity index is 0.00000924. The summed E-state index contributed by atoms with van der Waals surface area (Å²) in [5.74, 6) is 0. The number of hydrogen-bond acceptors (Lipinski definition) is 2. The van der Waals surface area contributed by atoms with Crippen LogP contribution in [0.3, 0.4) is 0 Å². The molecule has 0 N–H and O–H groups in total. The largest absolute Gasteiger partial charge is 0.252 e. The summed E-state index contributed by atoms with van der Waals surface area (Å²) in [7, 11) is -2.07. The molecule has 2 nitrogen and oxygen atoms in total. The van der Waals surface area contributed by atoms with Gasteiger partial charge >= 0.3 is 0 Å². The van der Waals surface area contributed by atoms with Crippen molar-refractivity contribution in [1.82, 2.24) is 0 Å². The van der Waals surface area contributed by atoms with Crippen molar-refractivity contribution in [3.05, 3.63) is 59.7 Å². The molecule has 0 amide bonds. The molecule has 0 aromatic heterocycles. The van der Waals surface area contributed by atoms with E-state index in [2.05, 4.69) is 102 Å². The fraction of sp³-hybridized carbons (Fsp3) is 0.632. The van der Waals surface area contributed by atoms with Crippen LogP contribution in [0.15, 0.2) is 58.5 Å². The molecule has 0 unspecified atom stereocenters. The molecule has 0 saturated heterocycles. The molecule has 0 saturated carbocycles. The number of unbranched alkanes of at least 4 members (excludes halogenated alkanes) is 8. The minimum atomic E-state index is -1.04. The zero-order valence-corrected chi connectivity index (χ0v) is 32.7. The second-order valence-corrected chi connectivity index (χ2v) is 26.1. The normalized spacial score (nSPS) is 12.8. The van der Waals surface area contributed by atoms with Crippen molar-refractivity contribution in [3.8, 4) is 0 Å². The smallest absolute Gasteiger partial charge is 0.0633 e. The molecule has 0 heterocycles. The minimum absolute atomic E-state index is 0. The number of aryl methyl sites for hydroxylation is 2. The number of aliphatic imine (C=N–C) groups is 2. The van der Waals surface area contributed by atoms with Crippen LogP contribution in [0.2, 0.25) is 51.4 Å². The van der Waals surface area contributed by atoms with Gasteiger partial charge in [0.15, 0.2) is 0 Å². The van der Waals surface area contributed by atoms with Crippen LogP contribution in [0.5, 0.6) is 0 Å². The average Bonchev–Trinajstić information content (AvgIpc) is 2.94. The van der Waals surface area contributed by atoms with Crippen LogP contribution < -0.4 is 0 Å². The monoisotopic (exact) mass is 710 g/mol. The topological polar surface area (TPSA) is 24.7 Å². The number of hydrogen-bond donors (Lipinski definition) is 0. The third kappa shape index (κ3) is 19.1. The summed E-state index contributed by atoms with van der Waals surface area (Å²) in [5, 5.41) is 0. The van der Waals surface area contributed by atoms with Gasteiger partial charge in [-0.1, -0.05) is 141 Å². The molecule has 0 aliphatic rings. The number of rotatable bonds is 21. The van der Waals surface area contributed by atoms with Gasteiger partial charge in [0.25, 0.3) is 0 Å². The summed E-state index contributed by atoms with van der Waals surface area (Å²) < 4.78 is 0. The molecule has 2 aromatic rings. The molecule has 0 aliphatic carbocycles. The first-order valence-corrected chi connectivity index (χ1v) is 24.7. The van der Waals surface area contributed by atoms with Crippen molar-refractivity contribution in [1.29, 1.82) is 0 Å². The van der Waals surface area contributed by atoms with Gasteiger partial charge in [0, 0.05) is 36.6 Å². The molecule has 0 atom stereocenters. The van der Waals surface area contributed by atoms with Crippen LogP contribution in [0.4, 0.5) is 11.4 Å². The maximum absolute atomic E-state index is 5.31. The second kappa shape index (κ2) is 21.6. The van der Waals surface area contributed by atoms with E-state index in [-0.39, 0.29) is 20.4 Å². The standard InChI is InChI=1S/C38H64N2Si2.Pd/c1-9-11-13-15-16-18-20-38(40-36-27-23-34(24-28-36)30-32-42(6,7)8)37(19-17-14-12-10-2)39-35-25-21-33(22-26-35)29-31-41(3,4)5;/h21-28H,9-20,29-32H2,1-8H3;. The van der Waals surface area contributed by atoms with E-state index in [1.54, 1.807) is 0 Å². The van der Waals surface area contributed by atoms with E-state index >= 15 is 0 Å². The number of nitrogens with zero attached hydrogens (tertiary/aromatic N) is 2. The molecule has 0 aliphatic heterocycles. The summed E-state index contributed by atoms with van der Waals surface area (Å²) in [5.41, 5.74) is 7.45. The summed E-state index contributed by atoms with van der Waals surface area (Å²) in [4.78, 5) is 10.6. The van der Waals surface area contributed by atoms with Crippen molar-refractivity contribution in [2.45, 2.75) is 155 Å². The van der Waals surface area contributed by atoms with Crippen molar-refractivity contribution < 1.29 is 20.4 Å². The van der Waals surface area contributed by atoms with E-state index in [0.717, 1.165) is 24.2 Å². The molecule has 0 spiro atoms. The first kappa shape index (κ1) is 39.9. The maximum Gasteiger partial charge on any atom is 0.0633 e. The molecule has 2 aromatic carbocycles. The van der Waals surface area contributed by atoms with E-state index < -0.39 is 16.1 Å². The molecular weight excluding hydrogens is 647 g/mol. The molecule has 43 heavy (non-hydrogen) atoms. The fourth-order valence-corrected chi connectivity index (χ4v) is 7.22. The minimum Gasteiger partial charge on any atom is -0.252 e. The first-order valence-electron chi connectivity index (χ1n) is 17.3. The molecule has 0 fully saturated rings. The van der Waals surface area contributed by atoms with Crippen LogP contribution >= 0.6 is 0 Å². The van der Waals surface area contributed by atoms with E-state index in [1.165, 1.54) is 112 Å². The summed E-state index contributed by atoms with van der Waals surface area (Å²) in [6.45, 7) is 19.3. The number of benzene rings is 2. The quantitative estimate of drug-likeness (QED) is 0.0700. The fourth-order valence-electron chi connectivity index (χ4n) is 5.15. The van der Waals surface area contributed by atoms with Crippen LogP contribution in [0, 0.1) is 0 Å². The van der Waals surface area contributed by atoms with E-state index in [4.69, 9.17) is 9.98 Å². The summed E-state index contributed by atoms with van der Waals surface area (Å²) in [6.07, 6.45) is 17.2. The molecule has 5 heteroatoms. The Kier molecular flexibility index (Phi) is 20.0. The third-order valence-electron chi connectivity index (χ3n) is 8.10. The Morgan fingerprint density at radius 2 is 0.814 bits per heavy atom. The molecular formula is C38H64N2PdSi2. The van der Waals surface area contributed by atoms with Crippen molar-refractivity contribution in [2.24, 2.45) is 9.98 Å². The van der Waals surface area contributed by atoms with Gasteiger partial charge in [-0.2, -0.15) is 0 Å². The molecule has 2 rings (SSSR count). The molecule has 0 bridgehead atoms. The summed E-state index contributed by atoms with van der Waals surface area (Å²) in [6, 6.07) is 20.8. The SMILES string of the molecule is CCCCCCCCC(=Nc1ccc(CC[Si](C)(C)C)cc1)C(CCCCCC)=Nc1ccc(CC[Si](C)(C)C)cc1.[Pd]. The van der Waals surface area contributed by atoms with Gasteiger partial charge < -0.3 is 0 Å². The summed E-state index contributed by atoms with van der Waals surface area (Å²) >= 11 is 0. The van der Waals surface area contributed by atoms with Crippen LogP contribution in [0.25, 0.3) is 0 Å². The van der Waals surface area contributed by atoms with Crippen molar-refractivity contribution >= 4 is 38.9 Å². The predicted molar refractivity (Wildman–Crippen MR) is 198 cm³/mol. The van der Waals surface area contributed by atoms with E-state index in [9.17, 15) is 0 Å². The Hall–Kier alpha value is -1.12. The van der Waals surface area contributed by atoms with Gasteiger partial charge in [-0.05, 0) is 73.9 Å². The molecule has 244 valence electrons. The van der Waals surface area contributed by atoms with Gasteiger partial charge in [-0.3, -0.25) is 9.98 Å². The Bertz CT molecular complexity index is 1060.